The van der Waals surface area contributed by atoms with E-state index in [2.05, 4.69) is 165 Å². The Morgan fingerprint density at radius 1 is 0.242 bits per heavy atom. The summed E-state index contributed by atoms with van der Waals surface area (Å²) < 4.78 is 6.62. The first kappa shape index (κ1) is 34.0. The lowest BCUT2D eigenvalue weighted by atomic mass is 9.86. The summed E-state index contributed by atoms with van der Waals surface area (Å²) in [5.41, 5.74) is 9.29. The fourth-order valence-electron chi connectivity index (χ4n) is 13.5. The Bertz CT molecular complexity index is 4750. The molecule has 0 aliphatic heterocycles. The predicted molar refractivity (Wildman–Crippen MR) is 282 cm³/mol. The molecule has 66 heavy (non-hydrogen) atoms. The molecule has 1 heteroatoms. The minimum atomic E-state index is 0.842. The van der Waals surface area contributed by atoms with E-state index < -0.39 is 0 Å². The Labute approximate surface area is 377 Å². The van der Waals surface area contributed by atoms with Crippen LogP contribution < -0.4 is 4.74 Å². The van der Waals surface area contributed by atoms with Crippen LogP contribution in [-0.4, -0.2) is 0 Å². The third-order valence-electron chi connectivity index (χ3n) is 16.0. The van der Waals surface area contributed by atoms with Crippen LogP contribution in [0.3, 0.4) is 0 Å². The second-order valence-electron chi connectivity index (χ2n) is 18.9. The van der Waals surface area contributed by atoms with Crippen LogP contribution in [0, 0.1) is 6.92 Å². The van der Waals surface area contributed by atoms with Crippen molar-refractivity contribution in [2.24, 2.45) is 0 Å². The molecule has 0 saturated heterocycles. The molecule has 1 nitrogen and oxygen atoms in total. The first-order valence-corrected chi connectivity index (χ1v) is 23.2. The van der Waals surface area contributed by atoms with Crippen molar-refractivity contribution >= 4 is 129 Å². The van der Waals surface area contributed by atoms with E-state index in [-0.39, 0.29) is 0 Å². The molecule has 17 rings (SSSR count). The fraction of sp³-hybridized carbons (Fsp3) is 0.0154. The van der Waals surface area contributed by atoms with Gasteiger partial charge in [-0.25, -0.2) is 0 Å². The highest BCUT2D eigenvalue weighted by Crippen LogP contribution is 2.59. The van der Waals surface area contributed by atoms with Crippen LogP contribution >= 0.6 is 0 Å². The number of ether oxygens (including phenoxy) is 1. The van der Waals surface area contributed by atoms with Crippen molar-refractivity contribution < 1.29 is 4.74 Å². The van der Waals surface area contributed by atoms with Crippen LogP contribution in [0.5, 0.6) is 11.5 Å². The number of fused-ring (bicyclic) bond motifs is 16. The average Bonchev–Trinajstić information content (AvgIpc) is 4.09. The summed E-state index contributed by atoms with van der Waals surface area (Å²) in [6.07, 6.45) is 0. The third-order valence-corrected chi connectivity index (χ3v) is 16.0. The maximum absolute atomic E-state index is 6.62. The smallest absolute Gasteiger partial charge is 0.135 e. The summed E-state index contributed by atoms with van der Waals surface area (Å²) in [5, 5.41) is 31.9. The molecular formula is C65H34O. The van der Waals surface area contributed by atoms with E-state index in [9.17, 15) is 0 Å². The summed E-state index contributed by atoms with van der Waals surface area (Å²) >= 11 is 0. The fourth-order valence-corrected chi connectivity index (χ4v) is 13.5. The lowest BCUT2D eigenvalue weighted by Gasteiger charge is -2.16. The van der Waals surface area contributed by atoms with Gasteiger partial charge in [-0.05, 0) is 195 Å². The second-order valence-corrected chi connectivity index (χ2v) is 18.9. The Morgan fingerprint density at radius 3 is 1.39 bits per heavy atom. The molecule has 0 aromatic heterocycles. The molecule has 1 aliphatic rings. The number of hydrogen-bond donors (Lipinski definition) is 0. The minimum absolute atomic E-state index is 0.842. The lowest BCUT2D eigenvalue weighted by Crippen LogP contribution is -1.88. The maximum Gasteiger partial charge on any atom is 0.135 e. The van der Waals surface area contributed by atoms with Crippen molar-refractivity contribution in [3.63, 3.8) is 0 Å². The topological polar surface area (TPSA) is 9.23 Å². The van der Waals surface area contributed by atoms with Gasteiger partial charge in [0.05, 0.1) is 0 Å². The van der Waals surface area contributed by atoms with E-state index in [1.807, 2.05) is 30.3 Å². The molecule has 16 aromatic rings. The Morgan fingerprint density at radius 2 is 0.682 bits per heavy atom. The lowest BCUT2D eigenvalue weighted by molar-refractivity contribution is 0.488. The second kappa shape index (κ2) is 11.6. The molecule has 0 bridgehead atoms. The van der Waals surface area contributed by atoms with Crippen molar-refractivity contribution in [2.75, 3.05) is 0 Å². The SMILES string of the molecule is Cc1ccccc1-c1c2cc3c4cccc5c(Oc6ccccc6)ccc(c54)c3c3c4ccccc4c(c4c5ccc6c7ccc8c9c(ccc(c%10ccc(c14)c5c%106)c97)-c1ccccc1-8)c23. The summed E-state index contributed by atoms with van der Waals surface area (Å²) in [6.45, 7) is 2.29. The minimum Gasteiger partial charge on any atom is -0.457 e. The highest BCUT2D eigenvalue weighted by molar-refractivity contribution is 6.54. The number of aryl methyl sites for hydroxylation is 1. The number of para-hydroxylation sites is 1. The van der Waals surface area contributed by atoms with Gasteiger partial charge >= 0.3 is 0 Å². The summed E-state index contributed by atoms with van der Waals surface area (Å²) in [6, 6.07) is 70.7. The van der Waals surface area contributed by atoms with Crippen molar-refractivity contribution in [1.29, 1.82) is 0 Å². The summed E-state index contributed by atoms with van der Waals surface area (Å²) in [5.74, 6) is 1.72. The van der Waals surface area contributed by atoms with Crippen LogP contribution in [0.15, 0.2) is 188 Å². The molecule has 0 fully saturated rings. The van der Waals surface area contributed by atoms with Gasteiger partial charge in [0, 0.05) is 10.8 Å². The molecule has 0 heterocycles. The highest BCUT2D eigenvalue weighted by atomic mass is 16.5. The van der Waals surface area contributed by atoms with Gasteiger partial charge in [-0.1, -0.05) is 158 Å². The number of hydrogen-bond acceptors (Lipinski definition) is 1. The van der Waals surface area contributed by atoms with Gasteiger partial charge in [-0.3, -0.25) is 0 Å². The van der Waals surface area contributed by atoms with Crippen LogP contribution in [0.4, 0.5) is 0 Å². The summed E-state index contributed by atoms with van der Waals surface area (Å²) in [4.78, 5) is 0. The zero-order chi connectivity index (χ0) is 42.7. The zero-order valence-corrected chi connectivity index (χ0v) is 35.8. The van der Waals surface area contributed by atoms with Crippen molar-refractivity contribution in [2.45, 2.75) is 6.92 Å². The molecule has 0 unspecified atom stereocenters. The molecule has 16 aromatic carbocycles. The van der Waals surface area contributed by atoms with Crippen LogP contribution in [0.2, 0.25) is 0 Å². The van der Waals surface area contributed by atoms with E-state index in [1.54, 1.807) is 0 Å². The summed E-state index contributed by atoms with van der Waals surface area (Å²) in [7, 11) is 0. The van der Waals surface area contributed by atoms with E-state index in [4.69, 9.17) is 4.74 Å². The number of benzene rings is 13. The largest absolute Gasteiger partial charge is 0.457 e. The van der Waals surface area contributed by atoms with Gasteiger partial charge in [0.15, 0.2) is 0 Å². The van der Waals surface area contributed by atoms with Gasteiger partial charge in [-0.2, -0.15) is 0 Å². The molecule has 0 spiro atoms. The zero-order valence-electron chi connectivity index (χ0n) is 35.8. The molecular weight excluding hydrogens is 797 g/mol. The normalized spacial score (nSPS) is 12.9. The van der Waals surface area contributed by atoms with Gasteiger partial charge in [-0.15, -0.1) is 0 Å². The van der Waals surface area contributed by atoms with E-state index in [0.717, 1.165) is 16.9 Å². The van der Waals surface area contributed by atoms with Gasteiger partial charge < -0.3 is 4.74 Å². The maximum atomic E-state index is 6.62. The molecule has 300 valence electrons. The monoisotopic (exact) mass is 830 g/mol. The molecule has 0 saturated carbocycles. The van der Waals surface area contributed by atoms with Crippen LogP contribution in [-0.2, 0) is 0 Å². The number of rotatable bonds is 3. The first-order valence-electron chi connectivity index (χ1n) is 23.2. The van der Waals surface area contributed by atoms with Gasteiger partial charge in [0.1, 0.15) is 11.5 Å². The van der Waals surface area contributed by atoms with Gasteiger partial charge in [0.2, 0.25) is 0 Å². The molecule has 0 amide bonds. The van der Waals surface area contributed by atoms with Gasteiger partial charge in [0.25, 0.3) is 0 Å². The quantitative estimate of drug-likeness (QED) is 0.127. The van der Waals surface area contributed by atoms with E-state index >= 15 is 0 Å². The molecule has 0 N–H and O–H groups in total. The van der Waals surface area contributed by atoms with Crippen LogP contribution in [0.1, 0.15) is 5.56 Å². The van der Waals surface area contributed by atoms with E-state index in [1.165, 1.54) is 163 Å². The van der Waals surface area contributed by atoms with Crippen molar-refractivity contribution in [3.8, 4) is 44.9 Å². The van der Waals surface area contributed by atoms with Crippen LogP contribution in [0.25, 0.3) is 163 Å². The standard InChI is InChI=1S/C65H34O/c1-33-12-5-6-15-35(33)55-52-32-51-40-20-11-21-47-53(66-34-13-3-2-4-14-34)31-30-48(54(40)47)60(51)61-38-18-9-10-19-39(38)62(65(52)61)64-50-29-27-46-44-25-23-42-37-17-8-7-16-36(37)41-22-24-43(57(44)56(41)42)45-26-28-49(63(55)64)59(50)58(45)46/h2-32H,1H3. The highest BCUT2D eigenvalue weighted by Gasteiger charge is 2.31. The Hall–Kier alpha value is -8.52. The first-order chi connectivity index (χ1) is 32.7. The third kappa shape index (κ3) is 3.83. The predicted octanol–water partition coefficient (Wildman–Crippen LogP) is 18.7. The molecule has 0 radical (unpaired) electrons. The Kier molecular flexibility index (Phi) is 5.96. The Balaban J connectivity index is 1.08. The molecule has 0 atom stereocenters. The molecule has 1 aliphatic carbocycles. The van der Waals surface area contributed by atoms with Crippen molar-refractivity contribution in [3.05, 3.63) is 194 Å². The van der Waals surface area contributed by atoms with Crippen molar-refractivity contribution in [1.82, 2.24) is 0 Å². The van der Waals surface area contributed by atoms with E-state index in [0.29, 0.717) is 0 Å². The average molecular weight is 831 g/mol.